The van der Waals surface area contributed by atoms with Gasteiger partial charge in [0.15, 0.2) is 0 Å². The molecule has 0 atom stereocenters. The zero-order chi connectivity index (χ0) is 15.4. The maximum absolute atomic E-state index is 13.3. The van der Waals surface area contributed by atoms with Crippen LogP contribution in [-0.4, -0.2) is 22.7 Å². The Balaban J connectivity index is 1.91. The van der Waals surface area contributed by atoms with Crippen molar-refractivity contribution >= 4 is 34.4 Å². The number of anilines is 1. The molecule has 0 radical (unpaired) electrons. The van der Waals surface area contributed by atoms with E-state index in [2.05, 4.69) is 27.1 Å². The van der Waals surface area contributed by atoms with Crippen molar-refractivity contribution in [2.24, 2.45) is 15.2 Å². The minimum absolute atomic E-state index is 0.0159. The average molecular weight is 310 g/mol. The highest BCUT2D eigenvalue weighted by Gasteiger charge is 2.15. The summed E-state index contributed by atoms with van der Waals surface area (Å²) in [5, 5.41) is 9.34. The van der Waals surface area contributed by atoms with Crippen LogP contribution in [-0.2, 0) is 9.59 Å². The normalized spacial score (nSPS) is 14.1. The minimum Gasteiger partial charge on any atom is -0.323 e. The molecular weight excluding hydrogens is 302 g/mol. The van der Waals surface area contributed by atoms with Crippen LogP contribution in [0.15, 0.2) is 45.7 Å². The van der Waals surface area contributed by atoms with Crippen LogP contribution in [0.1, 0.15) is 0 Å². The molecule has 0 saturated heterocycles. The Kier molecular flexibility index (Phi) is 4.53. The van der Waals surface area contributed by atoms with E-state index in [1.807, 2.05) is 0 Å². The molecule has 21 heavy (non-hydrogen) atoms. The largest absolute Gasteiger partial charge is 0.323 e. The Labute approximate surface area is 122 Å². The van der Waals surface area contributed by atoms with Gasteiger partial charge in [-0.3, -0.25) is 9.59 Å². The van der Waals surface area contributed by atoms with Crippen molar-refractivity contribution < 1.29 is 18.4 Å². The van der Waals surface area contributed by atoms with E-state index in [9.17, 15) is 18.4 Å². The molecule has 0 spiro atoms. The summed E-state index contributed by atoms with van der Waals surface area (Å²) < 4.78 is 26.0. The fourth-order valence-electron chi connectivity index (χ4n) is 1.29. The molecule has 6 nitrogen and oxygen atoms in total. The van der Waals surface area contributed by atoms with E-state index in [4.69, 9.17) is 0 Å². The maximum Gasteiger partial charge on any atom is 0.299 e. The predicted molar refractivity (Wildman–Crippen MR) is 73.9 cm³/mol. The Morgan fingerprint density at radius 3 is 2.76 bits per heavy atom. The number of halogens is 2. The highest BCUT2D eigenvalue weighted by molar-refractivity contribution is 8.14. The molecule has 0 aliphatic carbocycles. The van der Waals surface area contributed by atoms with E-state index in [1.54, 1.807) is 0 Å². The molecule has 2 rings (SSSR count). The Morgan fingerprint density at radius 1 is 1.33 bits per heavy atom. The molecule has 0 aromatic heterocycles. The molecule has 0 unspecified atom stereocenters. The van der Waals surface area contributed by atoms with Gasteiger partial charge in [0, 0.05) is 6.07 Å². The summed E-state index contributed by atoms with van der Waals surface area (Å²) in [6, 6.07) is 2.79. The van der Waals surface area contributed by atoms with E-state index in [-0.39, 0.29) is 22.3 Å². The van der Waals surface area contributed by atoms with Crippen molar-refractivity contribution in [2.75, 3.05) is 11.1 Å². The molecule has 1 aromatic rings. The van der Waals surface area contributed by atoms with Crippen LogP contribution < -0.4 is 5.32 Å². The van der Waals surface area contributed by atoms with Crippen LogP contribution in [0.5, 0.6) is 0 Å². The van der Waals surface area contributed by atoms with E-state index in [0.29, 0.717) is 6.07 Å². The summed E-state index contributed by atoms with van der Waals surface area (Å²) >= 11 is 0.859. The first-order valence-corrected chi connectivity index (χ1v) is 6.55. The number of hydrogen-bond acceptors (Lipinski definition) is 5. The molecule has 2 amide bonds. The summed E-state index contributed by atoms with van der Waals surface area (Å²) in [6.45, 7) is 3.32. The van der Waals surface area contributed by atoms with Gasteiger partial charge >= 0.3 is 0 Å². The van der Waals surface area contributed by atoms with E-state index >= 15 is 0 Å². The Bertz CT molecular complexity index is 688. The number of nitrogens with zero attached hydrogens (tertiary/aromatic N) is 3. The lowest BCUT2D eigenvalue weighted by molar-refractivity contribution is -0.115. The Morgan fingerprint density at radius 2 is 2.10 bits per heavy atom. The lowest BCUT2D eigenvalue weighted by atomic mass is 10.3. The molecule has 1 aliphatic heterocycles. The number of carbonyl (C=O) groups excluding carboxylic acids is 2. The molecule has 1 heterocycles. The molecule has 0 fully saturated rings. The Hall–Kier alpha value is -2.42. The summed E-state index contributed by atoms with van der Waals surface area (Å²) in [5.41, 5.74) is -0.226. The van der Waals surface area contributed by atoms with Crippen molar-refractivity contribution in [3.05, 3.63) is 42.1 Å². The quantitative estimate of drug-likeness (QED) is 0.871. The first kappa shape index (κ1) is 15.0. The highest BCUT2D eigenvalue weighted by Crippen LogP contribution is 2.17. The van der Waals surface area contributed by atoms with Gasteiger partial charge < -0.3 is 5.32 Å². The molecule has 1 aromatic carbocycles. The van der Waals surface area contributed by atoms with Gasteiger partial charge in [-0.1, -0.05) is 18.3 Å². The second kappa shape index (κ2) is 6.35. The first-order chi connectivity index (χ1) is 9.95. The highest BCUT2D eigenvalue weighted by atomic mass is 32.2. The minimum atomic E-state index is -0.880. The standard InChI is InChI=1S/C12H8F2N4O2S/c1-6-11(20)16-12(18-17-6)21-5-10(19)15-9-3-2-7(13)4-8(9)14/h2-4H,1,5H2,(H,15,19). The predicted octanol–water partition coefficient (Wildman–Crippen LogP) is 2.50. The fraction of sp³-hybridized carbons (Fsp3) is 0.0833. The van der Waals surface area contributed by atoms with Crippen LogP contribution in [0.25, 0.3) is 0 Å². The van der Waals surface area contributed by atoms with Crippen molar-refractivity contribution in [2.45, 2.75) is 0 Å². The number of thioether (sulfide) groups is 1. The van der Waals surface area contributed by atoms with Gasteiger partial charge in [-0.15, -0.1) is 10.2 Å². The smallest absolute Gasteiger partial charge is 0.299 e. The van der Waals surface area contributed by atoms with Crippen LogP contribution in [0, 0.1) is 11.6 Å². The number of benzene rings is 1. The molecule has 0 bridgehead atoms. The fourth-order valence-corrected chi connectivity index (χ4v) is 1.87. The van der Waals surface area contributed by atoms with Gasteiger partial charge in [-0.25, -0.2) is 8.78 Å². The van der Waals surface area contributed by atoms with Gasteiger partial charge in [0.1, 0.15) is 17.3 Å². The van der Waals surface area contributed by atoms with E-state index in [1.165, 1.54) is 0 Å². The van der Waals surface area contributed by atoms with E-state index in [0.717, 1.165) is 23.9 Å². The molecule has 1 N–H and O–H groups in total. The van der Waals surface area contributed by atoms with Gasteiger partial charge in [0.2, 0.25) is 11.1 Å². The average Bonchev–Trinajstić information content (AvgIpc) is 2.43. The number of amides is 2. The molecule has 108 valence electrons. The molecular formula is C12H8F2N4O2S. The third-order valence-corrected chi connectivity index (χ3v) is 3.08. The van der Waals surface area contributed by atoms with Gasteiger partial charge in [-0.05, 0) is 12.1 Å². The van der Waals surface area contributed by atoms with Crippen LogP contribution in [0.4, 0.5) is 14.5 Å². The third-order valence-electron chi connectivity index (χ3n) is 2.24. The van der Waals surface area contributed by atoms with Crippen molar-refractivity contribution in [1.82, 2.24) is 0 Å². The van der Waals surface area contributed by atoms with Crippen LogP contribution in [0.3, 0.4) is 0 Å². The lowest BCUT2D eigenvalue weighted by Gasteiger charge is -2.07. The van der Waals surface area contributed by atoms with Gasteiger partial charge in [0.25, 0.3) is 5.91 Å². The zero-order valence-electron chi connectivity index (χ0n) is 10.5. The molecule has 1 aliphatic rings. The topological polar surface area (TPSA) is 83.2 Å². The van der Waals surface area contributed by atoms with Crippen molar-refractivity contribution in [3.63, 3.8) is 0 Å². The number of rotatable bonds is 3. The van der Waals surface area contributed by atoms with Crippen LogP contribution in [0.2, 0.25) is 0 Å². The van der Waals surface area contributed by atoms with Gasteiger partial charge in [0.05, 0.1) is 11.4 Å². The SMILES string of the molecule is C=C1N=NC(SCC(=O)Nc2ccc(F)cc2F)=NC1=O. The summed E-state index contributed by atoms with van der Waals surface area (Å²) in [4.78, 5) is 26.3. The number of amidine groups is 1. The number of azo groups is 1. The number of hydrogen-bond donors (Lipinski definition) is 1. The maximum atomic E-state index is 13.3. The van der Waals surface area contributed by atoms with E-state index < -0.39 is 23.4 Å². The van der Waals surface area contributed by atoms with Crippen molar-refractivity contribution in [3.8, 4) is 0 Å². The first-order valence-electron chi connectivity index (χ1n) is 5.57. The summed E-state index contributed by atoms with van der Waals surface area (Å²) in [6.07, 6.45) is 0. The monoisotopic (exact) mass is 310 g/mol. The zero-order valence-corrected chi connectivity index (χ0v) is 11.3. The third kappa shape index (κ3) is 4.02. The number of nitrogens with one attached hydrogen (secondary N) is 1. The second-order valence-electron chi connectivity index (χ2n) is 3.81. The number of carbonyl (C=O) groups is 2. The summed E-state index contributed by atoms with van der Waals surface area (Å²) in [7, 11) is 0. The van der Waals surface area contributed by atoms with Crippen LogP contribution >= 0.6 is 11.8 Å². The lowest BCUT2D eigenvalue weighted by Crippen LogP contribution is -2.16. The number of aliphatic imine (C=N–C) groups is 1. The van der Waals surface area contributed by atoms with Crippen molar-refractivity contribution in [1.29, 1.82) is 0 Å². The molecule has 0 saturated carbocycles. The second-order valence-corrected chi connectivity index (χ2v) is 4.75. The molecule has 9 heteroatoms. The van der Waals surface area contributed by atoms with Gasteiger partial charge in [-0.2, -0.15) is 4.99 Å². The summed E-state index contributed by atoms with van der Waals surface area (Å²) in [5.74, 6) is -2.96.